The Morgan fingerprint density at radius 2 is 0.671 bits per heavy atom. The maximum absolute atomic E-state index is 14.3. The Bertz CT molecular complexity index is 3400. The average Bonchev–Trinajstić information content (AvgIpc) is 3.50. The topological polar surface area (TPSA) is 176 Å². The molecule has 2 amide bonds. The van der Waals surface area contributed by atoms with Gasteiger partial charge in [0, 0.05) is 53.4 Å². The molecule has 0 atom stereocenters. The first-order chi connectivity index (χ1) is 36.7. The van der Waals surface area contributed by atoms with Gasteiger partial charge in [-0.3, -0.25) is 19.4 Å². The fourth-order valence-electron chi connectivity index (χ4n) is 10.8. The van der Waals surface area contributed by atoms with Gasteiger partial charge in [-0.2, -0.15) is 10.5 Å². The molecule has 0 radical (unpaired) electrons. The number of carbonyl (C=O) groups is 2. The van der Waals surface area contributed by atoms with Gasteiger partial charge in [0.2, 0.25) is 11.8 Å². The minimum Gasteiger partial charge on any atom is -0.423 e. The highest BCUT2D eigenvalue weighted by molar-refractivity contribution is 6.59. The Morgan fingerprint density at radius 1 is 0.395 bits per heavy atom. The van der Waals surface area contributed by atoms with Crippen LogP contribution in [0.1, 0.15) is 55.6 Å². The predicted octanol–water partition coefficient (Wildman–Crippen LogP) is 7.07. The molecule has 0 aliphatic carbocycles. The molecule has 0 bridgehead atoms. The van der Waals surface area contributed by atoms with Crippen LogP contribution in [0.4, 0.5) is 0 Å². The van der Waals surface area contributed by atoms with Gasteiger partial charge >= 0.3 is 14.2 Å². The third-order valence-electron chi connectivity index (χ3n) is 14.6. The van der Waals surface area contributed by atoms with E-state index < -0.39 is 14.2 Å². The van der Waals surface area contributed by atoms with Crippen molar-refractivity contribution in [2.75, 3.05) is 28.2 Å². The van der Waals surface area contributed by atoms with E-state index in [-0.39, 0.29) is 24.7 Å². The molecule has 0 unspecified atom stereocenters. The van der Waals surface area contributed by atoms with Crippen molar-refractivity contribution in [3.8, 4) is 12.1 Å². The highest BCUT2D eigenvalue weighted by Gasteiger charge is 2.24. The summed E-state index contributed by atoms with van der Waals surface area (Å²) in [7, 11) is 4.24. The lowest BCUT2D eigenvalue weighted by Crippen LogP contribution is -2.35. The third-order valence-corrected chi connectivity index (χ3v) is 14.6. The summed E-state index contributed by atoms with van der Waals surface area (Å²) < 4.78 is 0. The molecule has 9 aromatic rings. The molecule has 0 fully saturated rings. The SMILES string of the molecule is CN(Cc1cc(C#N)ccc1B(O)O)Cc1c2ccccc2c(CN(C)C(=O)Cc2ccccc2CC(=O)N(C)Cc2c3ccccc3c(CN(C)Cc3cc(C#N)ccc3B(O)O)c3ccccc23)c2ccccc12. The lowest BCUT2D eigenvalue weighted by Gasteiger charge is -2.25. The van der Waals surface area contributed by atoms with Crippen LogP contribution in [0.5, 0.6) is 0 Å². The Morgan fingerprint density at radius 3 is 0.947 bits per heavy atom. The first-order valence-corrected chi connectivity index (χ1v) is 25.2. The van der Waals surface area contributed by atoms with E-state index in [9.17, 15) is 40.2 Å². The maximum Gasteiger partial charge on any atom is 0.488 e. The molecule has 0 saturated heterocycles. The summed E-state index contributed by atoms with van der Waals surface area (Å²) in [5.41, 5.74) is 8.71. The van der Waals surface area contributed by atoms with Crippen molar-refractivity contribution in [2.24, 2.45) is 0 Å². The predicted molar refractivity (Wildman–Crippen MR) is 302 cm³/mol. The summed E-state index contributed by atoms with van der Waals surface area (Å²) in [6.07, 6.45) is 0.216. The monoisotopic (exact) mass is 1000 g/mol. The quantitative estimate of drug-likeness (QED) is 0.0514. The van der Waals surface area contributed by atoms with Crippen LogP contribution < -0.4 is 10.9 Å². The lowest BCUT2D eigenvalue weighted by molar-refractivity contribution is -0.130. The van der Waals surface area contributed by atoms with Gasteiger partial charge in [-0.1, -0.05) is 133 Å². The summed E-state index contributed by atoms with van der Waals surface area (Å²) in [5.74, 6) is -0.171. The minimum absolute atomic E-state index is 0.0857. The summed E-state index contributed by atoms with van der Waals surface area (Å²) in [5, 5.41) is 67.9. The zero-order valence-corrected chi connectivity index (χ0v) is 43.1. The first kappa shape index (κ1) is 52.7. The van der Waals surface area contributed by atoms with Crippen molar-refractivity contribution in [3.63, 3.8) is 0 Å². The van der Waals surface area contributed by atoms with Crippen LogP contribution in [-0.2, 0) is 61.7 Å². The van der Waals surface area contributed by atoms with Crippen LogP contribution >= 0.6 is 0 Å². The molecule has 0 saturated carbocycles. The third kappa shape index (κ3) is 11.2. The van der Waals surface area contributed by atoms with Crippen LogP contribution in [0.25, 0.3) is 43.1 Å². The highest BCUT2D eigenvalue weighted by Crippen LogP contribution is 2.37. The van der Waals surface area contributed by atoms with E-state index in [0.29, 0.717) is 72.4 Å². The highest BCUT2D eigenvalue weighted by atomic mass is 16.4. The van der Waals surface area contributed by atoms with E-state index in [4.69, 9.17) is 0 Å². The molecule has 0 spiro atoms. The van der Waals surface area contributed by atoms with Crippen molar-refractivity contribution in [1.29, 1.82) is 10.5 Å². The average molecular weight is 1000 g/mol. The minimum atomic E-state index is -1.67. The lowest BCUT2D eigenvalue weighted by atomic mass is 9.76. The van der Waals surface area contributed by atoms with E-state index in [1.807, 2.05) is 101 Å². The van der Waals surface area contributed by atoms with Gasteiger partial charge in [0.05, 0.1) is 36.1 Å². The van der Waals surface area contributed by atoms with Gasteiger partial charge in [-0.15, -0.1) is 0 Å². The van der Waals surface area contributed by atoms with E-state index in [1.54, 1.807) is 46.2 Å². The van der Waals surface area contributed by atoms with E-state index >= 15 is 0 Å². The Labute approximate surface area is 443 Å². The number of benzene rings is 9. The zero-order chi connectivity index (χ0) is 53.6. The number of rotatable bonds is 18. The molecule has 0 aromatic heterocycles. The van der Waals surface area contributed by atoms with Crippen molar-refractivity contribution >= 4 is 80.1 Å². The second-order valence-electron chi connectivity index (χ2n) is 19.9. The van der Waals surface area contributed by atoms with Crippen molar-refractivity contribution in [2.45, 2.75) is 52.1 Å². The second-order valence-corrected chi connectivity index (χ2v) is 19.9. The first-order valence-electron chi connectivity index (χ1n) is 25.2. The van der Waals surface area contributed by atoms with E-state index in [2.05, 4.69) is 70.5 Å². The molecular weight excluding hydrogens is 946 g/mol. The fourth-order valence-corrected chi connectivity index (χ4v) is 10.8. The molecule has 9 rings (SSSR count). The summed E-state index contributed by atoms with van der Waals surface area (Å²) in [6.45, 7) is 2.50. The molecule has 4 N–H and O–H groups in total. The smallest absolute Gasteiger partial charge is 0.423 e. The largest absolute Gasteiger partial charge is 0.488 e. The van der Waals surface area contributed by atoms with Crippen molar-refractivity contribution in [3.05, 3.63) is 213 Å². The number of nitriles is 2. The number of hydrogen-bond acceptors (Lipinski definition) is 10. The molecule has 378 valence electrons. The molecule has 0 aliphatic heterocycles. The number of nitrogens with zero attached hydrogens (tertiary/aromatic N) is 6. The Balaban J connectivity index is 0.921. The van der Waals surface area contributed by atoms with Crippen LogP contribution in [0.15, 0.2) is 158 Å². The molecule has 0 aliphatic rings. The molecule has 76 heavy (non-hydrogen) atoms. The fraction of sp³-hybridized carbons (Fsp3) is 0.194. The number of fused-ring (bicyclic) bond motifs is 4. The molecular formula is C62H58B2N6O6. The summed E-state index contributed by atoms with van der Waals surface area (Å²) in [6, 6.07) is 54.5. The second kappa shape index (κ2) is 23.2. The van der Waals surface area contributed by atoms with Crippen LogP contribution in [0.2, 0.25) is 0 Å². The van der Waals surface area contributed by atoms with Gasteiger partial charge in [0.1, 0.15) is 0 Å². The van der Waals surface area contributed by atoms with Crippen LogP contribution in [0.3, 0.4) is 0 Å². The van der Waals surface area contributed by atoms with Crippen molar-refractivity contribution in [1.82, 2.24) is 19.6 Å². The standard InChI is InChI=1S/C62H58B2N6O6/c1-67(35-45-29-41(33-65)25-27-59(45)63(73)74)37-55-47-17-7-11-21-51(47)57(52-22-12-8-18-48(52)55)39-69(3)61(71)31-43-15-5-6-16-44(43)32-62(72)70(4)40-58-53-23-13-9-19-49(53)56(50-20-10-14-24-54(50)58)38-68(2)36-46-30-42(34-66)26-28-60(46)64(75)76/h5-30,73-76H,31-32,35-40H2,1-4H3. The van der Waals surface area contributed by atoms with Gasteiger partial charge in [0.25, 0.3) is 0 Å². The molecule has 9 aromatic carbocycles. The molecule has 0 heterocycles. The number of amides is 2. The molecule has 12 nitrogen and oxygen atoms in total. The number of carbonyl (C=O) groups excluding carboxylic acids is 2. The maximum atomic E-state index is 14.3. The van der Waals surface area contributed by atoms with Gasteiger partial charge in [-0.05, 0) is 137 Å². The normalized spacial score (nSPS) is 11.4. The van der Waals surface area contributed by atoms with Gasteiger partial charge < -0.3 is 29.9 Å². The van der Waals surface area contributed by atoms with E-state index in [0.717, 1.165) is 76.5 Å². The van der Waals surface area contributed by atoms with Crippen molar-refractivity contribution < 1.29 is 29.7 Å². The Kier molecular flexibility index (Phi) is 16.1. The van der Waals surface area contributed by atoms with Gasteiger partial charge in [0.15, 0.2) is 0 Å². The summed E-state index contributed by atoms with van der Waals surface area (Å²) >= 11 is 0. The zero-order valence-electron chi connectivity index (χ0n) is 43.1. The number of likely N-dealkylation sites (N-methyl/N-ethyl adjacent to an activating group) is 2. The summed E-state index contributed by atoms with van der Waals surface area (Å²) in [4.78, 5) is 36.4. The van der Waals surface area contributed by atoms with Crippen LogP contribution in [-0.4, -0.2) is 93.9 Å². The van der Waals surface area contributed by atoms with E-state index in [1.165, 1.54) is 0 Å². The molecule has 14 heteroatoms. The van der Waals surface area contributed by atoms with Crippen LogP contribution in [0, 0.1) is 22.7 Å². The van der Waals surface area contributed by atoms with Gasteiger partial charge in [-0.25, -0.2) is 0 Å². The number of hydrogen-bond donors (Lipinski definition) is 4. The Hall–Kier alpha value is -8.17.